The van der Waals surface area contributed by atoms with E-state index in [1.807, 2.05) is 12.1 Å². The number of rotatable bonds is 1. The first-order valence-electron chi connectivity index (χ1n) is 3.90. The molecule has 0 saturated heterocycles. The van der Waals surface area contributed by atoms with E-state index in [9.17, 15) is 0 Å². The van der Waals surface area contributed by atoms with Crippen molar-refractivity contribution >= 4 is 19.4 Å². The summed E-state index contributed by atoms with van der Waals surface area (Å²) in [4.78, 5) is 6.45. The van der Waals surface area contributed by atoms with Crippen LogP contribution in [0.4, 0.5) is 0 Å². The molecule has 0 aliphatic carbocycles. The van der Waals surface area contributed by atoms with Crippen LogP contribution in [0.5, 0.6) is 0 Å². The van der Waals surface area contributed by atoms with E-state index in [1.54, 1.807) is 6.20 Å². The van der Waals surface area contributed by atoms with Gasteiger partial charge >= 0.3 is 82.5 Å². The van der Waals surface area contributed by atoms with Crippen molar-refractivity contribution in [1.82, 2.24) is 4.98 Å². The molecule has 1 aliphatic rings. The molecule has 0 saturated carbocycles. The molecule has 1 aliphatic heterocycles. The summed E-state index contributed by atoms with van der Waals surface area (Å²) in [6, 6.07) is 5.79. The number of nitriles is 1. The minimum atomic E-state index is -0.108. The average Bonchev–Trinajstić information content (AvgIpc) is 2.71. The second-order valence-electron chi connectivity index (χ2n) is 2.63. The molecule has 0 spiro atoms. The van der Waals surface area contributed by atoms with Crippen LogP contribution < -0.4 is 0 Å². The van der Waals surface area contributed by atoms with Gasteiger partial charge in [0.1, 0.15) is 0 Å². The number of pyridine rings is 1. The summed E-state index contributed by atoms with van der Waals surface area (Å²) in [6.45, 7) is 0. The molecular formula is C10H8N2Se. The van der Waals surface area contributed by atoms with E-state index < -0.39 is 0 Å². The van der Waals surface area contributed by atoms with Crippen molar-refractivity contribution in [1.29, 1.82) is 5.26 Å². The third-order valence-electron chi connectivity index (χ3n) is 1.77. The first kappa shape index (κ1) is 8.25. The Kier molecular flexibility index (Phi) is 2.27. The van der Waals surface area contributed by atoms with Gasteiger partial charge in [-0.3, -0.25) is 0 Å². The Morgan fingerprint density at radius 1 is 1.38 bits per heavy atom. The first-order valence-corrected chi connectivity index (χ1v) is 6.16. The van der Waals surface area contributed by atoms with E-state index in [2.05, 4.69) is 28.2 Å². The van der Waals surface area contributed by atoms with E-state index in [0.29, 0.717) is 5.56 Å². The van der Waals surface area contributed by atoms with Crippen LogP contribution in [0.2, 0.25) is 0 Å². The minimum absolute atomic E-state index is 0.108. The number of nitrogens with zero attached hydrogens (tertiary/aromatic N) is 2. The van der Waals surface area contributed by atoms with Gasteiger partial charge in [0.2, 0.25) is 0 Å². The van der Waals surface area contributed by atoms with Gasteiger partial charge in [0.15, 0.2) is 0 Å². The van der Waals surface area contributed by atoms with Gasteiger partial charge in [-0.1, -0.05) is 0 Å². The Hall–Kier alpha value is -1.36. The summed E-state index contributed by atoms with van der Waals surface area (Å²) in [6.07, 6.45) is 5.81. The van der Waals surface area contributed by atoms with Gasteiger partial charge in [-0.25, -0.2) is 0 Å². The van der Waals surface area contributed by atoms with Gasteiger partial charge in [0.05, 0.1) is 0 Å². The van der Waals surface area contributed by atoms with E-state index in [-0.39, 0.29) is 15.0 Å². The third-order valence-corrected chi connectivity index (χ3v) is 4.06. The number of hydrogen-bond acceptors (Lipinski definition) is 2. The van der Waals surface area contributed by atoms with Crippen molar-refractivity contribution in [2.24, 2.45) is 0 Å². The molecule has 0 bridgehead atoms. The van der Waals surface area contributed by atoms with Crippen LogP contribution >= 0.6 is 0 Å². The molecule has 0 aromatic carbocycles. The van der Waals surface area contributed by atoms with E-state index in [1.165, 1.54) is 4.47 Å². The topological polar surface area (TPSA) is 36.7 Å². The second kappa shape index (κ2) is 3.57. The molecule has 0 fully saturated rings. The fraction of sp³-hybridized carbons (Fsp3) is 0. The van der Waals surface area contributed by atoms with Crippen molar-refractivity contribution in [2.45, 2.75) is 0 Å². The summed E-state index contributed by atoms with van der Waals surface area (Å²) in [5.41, 5.74) is 1.64. The zero-order valence-electron chi connectivity index (χ0n) is 6.86. The van der Waals surface area contributed by atoms with Crippen LogP contribution in [-0.2, 0) is 0 Å². The van der Waals surface area contributed by atoms with Crippen molar-refractivity contribution < 1.29 is 0 Å². The zero-order chi connectivity index (χ0) is 9.10. The molecule has 0 amide bonds. The predicted molar refractivity (Wildman–Crippen MR) is 54.6 cm³/mol. The van der Waals surface area contributed by atoms with Crippen LogP contribution in [0.15, 0.2) is 35.5 Å². The normalized spacial score (nSPS) is 17.0. The third kappa shape index (κ3) is 1.70. The van der Waals surface area contributed by atoms with Gasteiger partial charge in [-0.05, 0) is 0 Å². The fourth-order valence-corrected chi connectivity index (χ4v) is 2.91. The number of aromatic nitrogens is 1. The Labute approximate surface area is 82.8 Å². The molecule has 2 rings (SSSR count). The fourth-order valence-electron chi connectivity index (χ4n) is 1.11. The quantitative estimate of drug-likeness (QED) is 0.680. The molecule has 3 heteroatoms. The Bertz CT molecular complexity index is 410. The summed E-state index contributed by atoms with van der Waals surface area (Å²) in [5, 5.41) is 8.58. The van der Waals surface area contributed by atoms with Crippen molar-refractivity contribution in [3.63, 3.8) is 0 Å². The van der Waals surface area contributed by atoms with Gasteiger partial charge < -0.3 is 0 Å². The molecule has 1 aromatic heterocycles. The molecule has 2 nitrogen and oxygen atoms in total. The Morgan fingerprint density at radius 2 is 2.31 bits per heavy atom. The molecule has 0 radical (unpaired) electrons. The summed E-state index contributed by atoms with van der Waals surface area (Å²) in [5.74, 6) is 0. The summed E-state index contributed by atoms with van der Waals surface area (Å²) < 4.78 is 1.34. The van der Waals surface area contributed by atoms with Crippen molar-refractivity contribution in [2.75, 3.05) is 0 Å². The molecule has 13 heavy (non-hydrogen) atoms. The van der Waals surface area contributed by atoms with Gasteiger partial charge in [0, 0.05) is 0 Å². The number of hydrogen-bond donors (Lipinski definition) is 0. The molecular weight excluding hydrogens is 227 g/mol. The molecule has 2 heterocycles. The van der Waals surface area contributed by atoms with E-state index >= 15 is 0 Å². The van der Waals surface area contributed by atoms with Crippen LogP contribution in [0, 0.1) is 11.3 Å². The van der Waals surface area contributed by atoms with E-state index in [0.717, 1.165) is 5.69 Å². The van der Waals surface area contributed by atoms with Crippen molar-refractivity contribution in [3.8, 4) is 6.07 Å². The number of allylic oxidation sites excluding steroid dienone is 2. The maximum atomic E-state index is 8.58. The molecule has 64 valence electrons. The Morgan fingerprint density at radius 3 is 2.85 bits per heavy atom. The maximum absolute atomic E-state index is 8.58. The van der Waals surface area contributed by atoms with Crippen LogP contribution in [0.1, 0.15) is 11.3 Å². The van der Waals surface area contributed by atoms with Gasteiger partial charge in [0.25, 0.3) is 0 Å². The summed E-state index contributed by atoms with van der Waals surface area (Å²) >= 11 is -0.108. The molecule has 0 atom stereocenters. The monoisotopic (exact) mass is 236 g/mol. The molecule has 0 N–H and O–H groups in total. The molecule has 0 unspecified atom stereocenters. The van der Waals surface area contributed by atoms with Gasteiger partial charge in [-0.2, -0.15) is 0 Å². The molecule has 1 aromatic rings. The Balaban J connectivity index is 2.29. The zero-order valence-corrected chi connectivity index (χ0v) is 8.96. The van der Waals surface area contributed by atoms with E-state index in [4.69, 9.17) is 5.26 Å². The van der Waals surface area contributed by atoms with Crippen molar-refractivity contribution in [3.05, 3.63) is 46.7 Å². The second-order valence-corrected chi connectivity index (χ2v) is 5.06. The first-order chi connectivity index (χ1) is 6.40. The average molecular weight is 235 g/mol. The predicted octanol–water partition coefficient (Wildman–Crippen LogP) is 0.990. The SMILES string of the molecule is N#Cc1ccc(C2=CC=C[SeH2]2)nc1. The van der Waals surface area contributed by atoms with Crippen LogP contribution in [0.3, 0.4) is 0 Å². The van der Waals surface area contributed by atoms with Crippen LogP contribution in [0.25, 0.3) is 4.47 Å². The summed E-state index contributed by atoms with van der Waals surface area (Å²) in [7, 11) is 0. The standard InChI is InChI=1S/C10H8N2Se/c11-6-8-3-4-9(12-7-8)10-2-1-5-13-10/h1-5,7H,13H2. The van der Waals surface area contributed by atoms with Gasteiger partial charge in [-0.15, -0.1) is 0 Å². The van der Waals surface area contributed by atoms with Crippen LogP contribution in [-0.4, -0.2) is 19.9 Å².